The minimum atomic E-state index is -0.351. The summed E-state index contributed by atoms with van der Waals surface area (Å²) in [6.07, 6.45) is 1.53. The summed E-state index contributed by atoms with van der Waals surface area (Å²) in [7, 11) is 1.53. The molecule has 0 radical (unpaired) electrons. The van der Waals surface area contributed by atoms with Crippen molar-refractivity contribution < 1.29 is 23.1 Å². The van der Waals surface area contributed by atoms with Crippen LogP contribution < -0.4 is 0 Å². The molecule has 32 heavy (non-hydrogen) atoms. The molecule has 8 heteroatoms. The second kappa shape index (κ2) is 11.5. The minimum absolute atomic E-state index is 0.156. The highest BCUT2D eigenvalue weighted by Crippen LogP contribution is 2.15. The molecule has 6 nitrogen and oxygen atoms in total. The van der Waals surface area contributed by atoms with Crippen LogP contribution in [0.3, 0.4) is 0 Å². The topological polar surface area (TPSA) is 63.0 Å². The smallest absolute Gasteiger partial charge is 0.254 e. The number of hydrogen-bond donors (Lipinski definition) is 0. The predicted octanol–water partition coefficient (Wildman–Crippen LogP) is 4.39. The third-order valence-corrected chi connectivity index (χ3v) is 5.05. The van der Waals surface area contributed by atoms with E-state index in [-0.39, 0.29) is 50.4 Å². The van der Waals surface area contributed by atoms with Crippen LogP contribution in [-0.4, -0.2) is 48.4 Å². The van der Waals surface area contributed by atoms with E-state index < -0.39 is 0 Å². The lowest BCUT2D eigenvalue weighted by Crippen LogP contribution is -2.43. The van der Waals surface area contributed by atoms with Crippen LogP contribution in [0.4, 0.5) is 4.39 Å². The Bertz CT molecular complexity index is 1020. The SMILES string of the molecule is COCCN(CC(=O)N(Cc1ccc(F)cc1)Cc1ccco1)C(=O)c1cccc(Cl)c1. The summed E-state index contributed by atoms with van der Waals surface area (Å²) in [5.74, 6) is -0.351. The van der Waals surface area contributed by atoms with Gasteiger partial charge in [0.25, 0.3) is 5.91 Å². The molecule has 0 bridgehead atoms. The summed E-state index contributed by atoms with van der Waals surface area (Å²) in [6.45, 7) is 0.807. The van der Waals surface area contributed by atoms with Gasteiger partial charge < -0.3 is 19.0 Å². The standard InChI is InChI=1S/C24H24ClFN2O4/c1-31-13-11-27(24(30)19-4-2-5-20(25)14-19)17-23(29)28(16-22-6-3-12-32-22)15-18-7-9-21(26)10-8-18/h2-10,12,14H,11,13,15-17H2,1H3. The number of hydrogen-bond acceptors (Lipinski definition) is 4. The van der Waals surface area contributed by atoms with Gasteiger partial charge in [-0.1, -0.05) is 29.8 Å². The molecule has 0 saturated carbocycles. The van der Waals surface area contributed by atoms with E-state index >= 15 is 0 Å². The van der Waals surface area contributed by atoms with Crippen molar-refractivity contribution in [2.24, 2.45) is 0 Å². The molecule has 0 fully saturated rings. The second-order valence-corrected chi connectivity index (χ2v) is 7.62. The highest BCUT2D eigenvalue weighted by molar-refractivity contribution is 6.31. The number of carbonyl (C=O) groups is 2. The number of rotatable bonds is 10. The Labute approximate surface area is 191 Å². The molecule has 1 aromatic heterocycles. The Balaban J connectivity index is 1.79. The maximum Gasteiger partial charge on any atom is 0.254 e. The summed E-state index contributed by atoms with van der Waals surface area (Å²) < 4.78 is 23.8. The Kier molecular flexibility index (Phi) is 8.41. The molecule has 3 aromatic rings. The average molecular weight is 459 g/mol. The van der Waals surface area contributed by atoms with Gasteiger partial charge >= 0.3 is 0 Å². The largest absolute Gasteiger partial charge is 0.467 e. The third kappa shape index (κ3) is 6.67. The van der Waals surface area contributed by atoms with Crippen LogP contribution in [0.25, 0.3) is 0 Å². The molecule has 0 atom stereocenters. The number of ether oxygens (including phenoxy) is 1. The first-order valence-corrected chi connectivity index (χ1v) is 10.4. The number of furan rings is 1. The van der Waals surface area contributed by atoms with E-state index in [4.69, 9.17) is 20.8 Å². The Morgan fingerprint density at radius 1 is 1.03 bits per heavy atom. The molecule has 0 saturated heterocycles. The highest BCUT2D eigenvalue weighted by Gasteiger charge is 2.23. The van der Waals surface area contributed by atoms with Crippen LogP contribution >= 0.6 is 11.6 Å². The normalized spacial score (nSPS) is 10.7. The number of nitrogens with zero attached hydrogens (tertiary/aromatic N) is 2. The Hall–Kier alpha value is -3.16. The fraction of sp³-hybridized carbons (Fsp3) is 0.250. The summed E-state index contributed by atoms with van der Waals surface area (Å²) >= 11 is 6.03. The predicted molar refractivity (Wildman–Crippen MR) is 119 cm³/mol. The number of halogens is 2. The molecule has 1 heterocycles. The van der Waals surface area contributed by atoms with E-state index in [0.29, 0.717) is 16.3 Å². The van der Waals surface area contributed by atoms with Crippen LogP contribution in [0.5, 0.6) is 0 Å². The van der Waals surface area contributed by atoms with Crippen molar-refractivity contribution in [3.05, 3.63) is 94.7 Å². The fourth-order valence-corrected chi connectivity index (χ4v) is 3.34. The molecule has 0 aliphatic rings. The van der Waals surface area contributed by atoms with Crippen molar-refractivity contribution in [2.45, 2.75) is 13.1 Å². The van der Waals surface area contributed by atoms with Crippen LogP contribution in [0.15, 0.2) is 71.3 Å². The minimum Gasteiger partial charge on any atom is -0.467 e. The first-order chi connectivity index (χ1) is 15.5. The van der Waals surface area contributed by atoms with Crippen LogP contribution in [0.2, 0.25) is 5.02 Å². The van der Waals surface area contributed by atoms with E-state index in [2.05, 4.69) is 0 Å². The summed E-state index contributed by atoms with van der Waals surface area (Å²) in [5.41, 5.74) is 1.15. The molecule has 2 aromatic carbocycles. The monoisotopic (exact) mass is 458 g/mol. The van der Waals surface area contributed by atoms with E-state index in [9.17, 15) is 14.0 Å². The van der Waals surface area contributed by atoms with Crippen LogP contribution in [0.1, 0.15) is 21.7 Å². The van der Waals surface area contributed by atoms with Crippen molar-refractivity contribution in [1.29, 1.82) is 0 Å². The zero-order valence-corrected chi connectivity index (χ0v) is 18.4. The molecular weight excluding hydrogens is 435 g/mol. The van der Waals surface area contributed by atoms with E-state index in [1.807, 2.05) is 0 Å². The van der Waals surface area contributed by atoms with Gasteiger partial charge in [-0.25, -0.2) is 4.39 Å². The molecule has 0 aliphatic heterocycles. The lowest BCUT2D eigenvalue weighted by molar-refractivity contribution is -0.133. The summed E-state index contributed by atoms with van der Waals surface area (Å²) in [5, 5.41) is 0.435. The Morgan fingerprint density at radius 2 is 1.81 bits per heavy atom. The molecular formula is C24H24ClFN2O4. The molecule has 0 aliphatic carbocycles. The fourth-order valence-electron chi connectivity index (χ4n) is 3.15. The summed E-state index contributed by atoms with van der Waals surface area (Å²) in [4.78, 5) is 29.3. The van der Waals surface area contributed by atoms with Crippen molar-refractivity contribution in [2.75, 3.05) is 26.8 Å². The maximum atomic E-state index is 13.3. The van der Waals surface area contributed by atoms with Gasteiger partial charge in [-0.15, -0.1) is 0 Å². The molecule has 0 spiro atoms. The molecule has 0 unspecified atom stereocenters. The lowest BCUT2D eigenvalue weighted by atomic mass is 10.2. The average Bonchev–Trinajstić information content (AvgIpc) is 3.30. The van der Waals surface area contributed by atoms with Crippen LogP contribution in [-0.2, 0) is 22.6 Å². The van der Waals surface area contributed by atoms with Crippen molar-refractivity contribution >= 4 is 23.4 Å². The van der Waals surface area contributed by atoms with Gasteiger partial charge in [0.2, 0.25) is 5.91 Å². The lowest BCUT2D eigenvalue weighted by Gasteiger charge is -2.27. The Morgan fingerprint density at radius 3 is 2.47 bits per heavy atom. The van der Waals surface area contributed by atoms with Crippen molar-refractivity contribution in [1.82, 2.24) is 9.80 Å². The van der Waals surface area contributed by atoms with Gasteiger partial charge in [0.15, 0.2) is 0 Å². The first-order valence-electron chi connectivity index (χ1n) is 10.0. The first kappa shape index (κ1) is 23.5. The van der Waals surface area contributed by atoms with E-state index in [0.717, 1.165) is 5.56 Å². The van der Waals surface area contributed by atoms with Gasteiger partial charge in [0.1, 0.15) is 18.1 Å². The van der Waals surface area contributed by atoms with Gasteiger partial charge in [-0.3, -0.25) is 9.59 Å². The van der Waals surface area contributed by atoms with Crippen LogP contribution in [0, 0.1) is 5.82 Å². The zero-order valence-electron chi connectivity index (χ0n) is 17.7. The molecule has 0 N–H and O–H groups in total. The highest BCUT2D eigenvalue weighted by atomic mass is 35.5. The zero-order chi connectivity index (χ0) is 22.9. The second-order valence-electron chi connectivity index (χ2n) is 7.19. The van der Waals surface area contributed by atoms with Crippen molar-refractivity contribution in [3.63, 3.8) is 0 Å². The molecule has 2 amide bonds. The van der Waals surface area contributed by atoms with Gasteiger partial charge in [0.05, 0.1) is 19.4 Å². The van der Waals surface area contributed by atoms with Gasteiger partial charge in [0, 0.05) is 30.8 Å². The third-order valence-electron chi connectivity index (χ3n) is 4.82. The van der Waals surface area contributed by atoms with Gasteiger partial charge in [-0.05, 0) is 48.0 Å². The number of benzene rings is 2. The maximum absolute atomic E-state index is 13.3. The van der Waals surface area contributed by atoms with Crippen molar-refractivity contribution in [3.8, 4) is 0 Å². The quantitative estimate of drug-likeness (QED) is 0.452. The van der Waals surface area contributed by atoms with Gasteiger partial charge in [-0.2, -0.15) is 0 Å². The van der Waals surface area contributed by atoms with E-state index in [1.165, 1.54) is 30.4 Å². The number of methoxy groups -OCH3 is 1. The summed E-state index contributed by atoms with van der Waals surface area (Å²) in [6, 6.07) is 16.0. The number of amides is 2. The van der Waals surface area contributed by atoms with E-state index in [1.54, 1.807) is 53.4 Å². The number of carbonyl (C=O) groups excluding carboxylic acids is 2. The molecule has 168 valence electrons. The molecule has 3 rings (SSSR count).